The molecule has 1 fully saturated rings. The van der Waals surface area contributed by atoms with Gasteiger partial charge in [0.25, 0.3) is 0 Å². The molecule has 0 amide bonds. The first-order chi connectivity index (χ1) is 10.7. The molecule has 0 spiro atoms. The lowest BCUT2D eigenvalue weighted by Gasteiger charge is -2.22. The maximum atomic E-state index is 4.72. The van der Waals surface area contributed by atoms with Gasteiger partial charge in [0.1, 0.15) is 11.6 Å². The SMILES string of the molecule is Cc1cc(NCc2ncccc2C)nc(C2CCNCC2)n1. The Bertz CT molecular complexity index is 635. The van der Waals surface area contributed by atoms with Crippen molar-refractivity contribution in [1.29, 1.82) is 0 Å². The highest BCUT2D eigenvalue weighted by molar-refractivity contribution is 5.37. The van der Waals surface area contributed by atoms with E-state index in [0.29, 0.717) is 12.5 Å². The summed E-state index contributed by atoms with van der Waals surface area (Å²) < 4.78 is 0. The smallest absolute Gasteiger partial charge is 0.134 e. The van der Waals surface area contributed by atoms with E-state index in [4.69, 9.17) is 4.98 Å². The fourth-order valence-corrected chi connectivity index (χ4v) is 2.82. The number of aromatic nitrogens is 3. The van der Waals surface area contributed by atoms with Gasteiger partial charge < -0.3 is 10.6 Å². The van der Waals surface area contributed by atoms with E-state index in [-0.39, 0.29) is 0 Å². The molecule has 2 N–H and O–H groups in total. The van der Waals surface area contributed by atoms with Crippen molar-refractivity contribution < 1.29 is 0 Å². The maximum Gasteiger partial charge on any atom is 0.134 e. The molecule has 0 aromatic carbocycles. The van der Waals surface area contributed by atoms with Crippen molar-refractivity contribution in [3.8, 4) is 0 Å². The monoisotopic (exact) mass is 297 g/mol. The van der Waals surface area contributed by atoms with Crippen LogP contribution in [0, 0.1) is 13.8 Å². The van der Waals surface area contributed by atoms with Crippen LogP contribution in [0.3, 0.4) is 0 Å². The minimum absolute atomic E-state index is 0.471. The minimum Gasteiger partial charge on any atom is -0.364 e. The Hall–Kier alpha value is -2.01. The number of rotatable bonds is 4. The van der Waals surface area contributed by atoms with Crippen molar-refractivity contribution in [2.24, 2.45) is 0 Å². The van der Waals surface area contributed by atoms with E-state index in [1.165, 1.54) is 5.56 Å². The summed E-state index contributed by atoms with van der Waals surface area (Å²) in [5.41, 5.74) is 3.27. The average Bonchev–Trinajstić information content (AvgIpc) is 2.54. The van der Waals surface area contributed by atoms with E-state index < -0.39 is 0 Å². The Labute approximate surface area is 131 Å². The molecule has 0 aliphatic carbocycles. The van der Waals surface area contributed by atoms with Crippen LogP contribution in [0.25, 0.3) is 0 Å². The molecule has 0 unspecified atom stereocenters. The van der Waals surface area contributed by atoms with E-state index >= 15 is 0 Å². The van der Waals surface area contributed by atoms with Crippen LogP contribution in [-0.4, -0.2) is 28.0 Å². The summed E-state index contributed by atoms with van der Waals surface area (Å²) in [5, 5.41) is 6.78. The van der Waals surface area contributed by atoms with Crippen LogP contribution >= 0.6 is 0 Å². The molecule has 3 rings (SSSR count). The second-order valence-electron chi connectivity index (χ2n) is 5.90. The number of anilines is 1. The van der Waals surface area contributed by atoms with Gasteiger partial charge in [0.2, 0.25) is 0 Å². The van der Waals surface area contributed by atoms with Crippen LogP contribution in [0.4, 0.5) is 5.82 Å². The van der Waals surface area contributed by atoms with Crippen molar-refractivity contribution in [3.05, 3.63) is 47.2 Å². The standard InChI is InChI=1S/C17H23N5/c1-12-4-3-7-19-15(12)11-20-16-10-13(2)21-17(22-16)14-5-8-18-9-6-14/h3-4,7,10,14,18H,5-6,8-9,11H2,1-2H3,(H,20,21,22). The summed E-state index contributed by atoms with van der Waals surface area (Å²) in [6.45, 7) is 6.91. The van der Waals surface area contributed by atoms with Crippen molar-refractivity contribution >= 4 is 5.82 Å². The van der Waals surface area contributed by atoms with Gasteiger partial charge in [-0.05, 0) is 51.4 Å². The van der Waals surface area contributed by atoms with Crippen LogP contribution < -0.4 is 10.6 Å². The summed E-state index contributed by atoms with van der Waals surface area (Å²) in [6, 6.07) is 6.04. The zero-order chi connectivity index (χ0) is 15.4. The third kappa shape index (κ3) is 3.60. The first-order valence-electron chi connectivity index (χ1n) is 7.93. The minimum atomic E-state index is 0.471. The molecule has 5 heteroatoms. The van der Waals surface area contributed by atoms with Crippen LogP contribution in [0.1, 0.15) is 41.5 Å². The molecule has 0 bridgehead atoms. The molecule has 3 heterocycles. The Kier molecular flexibility index (Phi) is 4.63. The number of nitrogens with zero attached hydrogens (tertiary/aromatic N) is 3. The van der Waals surface area contributed by atoms with Crippen LogP contribution in [-0.2, 0) is 6.54 Å². The summed E-state index contributed by atoms with van der Waals surface area (Å²) in [5.74, 6) is 2.34. The fourth-order valence-electron chi connectivity index (χ4n) is 2.82. The lowest BCUT2D eigenvalue weighted by atomic mass is 9.97. The highest BCUT2D eigenvalue weighted by Gasteiger charge is 2.18. The second kappa shape index (κ2) is 6.83. The topological polar surface area (TPSA) is 62.7 Å². The molecule has 1 aliphatic rings. The molecular weight excluding hydrogens is 274 g/mol. The molecule has 2 aromatic heterocycles. The Balaban J connectivity index is 1.73. The van der Waals surface area contributed by atoms with E-state index in [2.05, 4.69) is 33.6 Å². The van der Waals surface area contributed by atoms with Crippen LogP contribution in [0.15, 0.2) is 24.4 Å². The second-order valence-corrected chi connectivity index (χ2v) is 5.90. The Morgan fingerprint density at radius 3 is 2.82 bits per heavy atom. The quantitative estimate of drug-likeness (QED) is 0.908. The van der Waals surface area contributed by atoms with Gasteiger partial charge in [0.15, 0.2) is 0 Å². The predicted molar refractivity (Wildman–Crippen MR) is 87.9 cm³/mol. The molecule has 5 nitrogen and oxygen atoms in total. The van der Waals surface area contributed by atoms with E-state index in [0.717, 1.165) is 49.0 Å². The van der Waals surface area contributed by atoms with Gasteiger partial charge in [0, 0.05) is 23.9 Å². The van der Waals surface area contributed by atoms with Gasteiger partial charge in [-0.1, -0.05) is 6.07 Å². The molecule has 22 heavy (non-hydrogen) atoms. The van der Waals surface area contributed by atoms with Crippen molar-refractivity contribution in [1.82, 2.24) is 20.3 Å². The van der Waals surface area contributed by atoms with Gasteiger partial charge in [-0.15, -0.1) is 0 Å². The number of hydrogen-bond donors (Lipinski definition) is 2. The molecular formula is C17H23N5. The fraction of sp³-hybridized carbons (Fsp3) is 0.471. The van der Waals surface area contributed by atoms with Gasteiger partial charge in [-0.2, -0.15) is 0 Å². The Morgan fingerprint density at radius 2 is 2.05 bits per heavy atom. The van der Waals surface area contributed by atoms with Crippen molar-refractivity contribution in [2.75, 3.05) is 18.4 Å². The third-order valence-electron chi connectivity index (χ3n) is 4.13. The van der Waals surface area contributed by atoms with Gasteiger partial charge in [-0.3, -0.25) is 4.98 Å². The number of piperidine rings is 1. The van der Waals surface area contributed by atoms with Crippen LogP contribution in [0.5, 0.6) is 0 Å². The highest BCUT2D eigenvalue weighted by Crippen LogP contribution is 2.23. The molecule has 0 atom stereocenters. The molecule has 0 radical (unpaired) electrons. The van der Waals surface area contributed by atoms with Gasteiger partial charge >= 0.3 is 0 Å². The predicted octanol–water partition coefficient (Wildman–Crippen LogP) is 2.57. The van der Waals surface area contributed by atoms with Crippen molar-refractivity contribution in [2.45, 2.75) is 39.2 Å². The third-order valence-corrected chi connectivity index (χ3v) is 4.13. The number of hydrogen-bond acceptors (Lipinski definition) is 5. The number of aryl methyl sites for hydroxylation is 2. The molecule has 0 saturated carbocycles. The average molecular weight is 297 g/mol. The van der Waals surface area contributed by atoms with Crippen molar-refractivity contribution in [3.63, 3.8) is 0 Å². The molecule has 2 aromatic rings. The first-order valence-corrected chi connectivity index (χ1v) is 7.93. The van der Waals surface area contributed by atoms with E-state index in [1.807, 2.05) is 25.3 Å². The lowest BCUT2D eigenvalue weighted by molar-refractivity contribution is 0.444. The maximum absolute atomic E-state index is 4.72. The Morgan fingerprint density at radius 1 is 1.23 bits per heavy atom. The largest absolute Gasteiger partial charge is 0.364 e. The highest BCUT2D eigenvalue weighted by atomic mass is 15.0. The zero-order valence-corrected chi connectivity index (χ0v) is 13.3. The number of nitrogens with one attached hydrogen (secondary N) is 2. The summed E-state index contributed by atoms with van der Waals surface area (Å²) >= 11 is 0. The zero-order valence-electron chi connectivity index (χ0n) is 13.3. The van der Waals surface area contributed by atoms with E-state index in [9.17, 15) is 0 Å². The van der Waals surface area contributed by atoms with Gasteiger partial charge in [0.05, 0.1) is 12.2 Å². The summed E-state index contributed by atoms with van der Waals surface area (Å²) in [7, 11) is 0. The number of pyridine rings is 1. The summed E-state index contributed by atoms with van der Waals surface area (Å²) in [4.78, 5) is 13.8. The lowest BCUT2D eigenvalue weighted by Crippen LogP contribution is -2.27. The van der Waals surface area contributed by atoms with Gasteiger partial charge in [-0.25, -0.2) is 9.97 Å². The summed E-state index contributed by atoms with van der Waals surface area (Å²) in [6.07, 6.45) is 4.06. The molecule has 116 valence electrons. The molecule has 1 saturated heterocycles. The first kappa shape index (κ1) is 14.9. The van der Waals surface area contributed by atoms with Crippen LogP contribution in [0.2, 0.25) is 0 Å². The van der Waals surface area contributed by atoms with E-state index in [1.54, 1.807) is 0 Å². The molecule has 1 aliphatic heterocycles. The normalized spacial score (nSPS) is 15.7.